The van der Waals surface area contributed by atoms with Gasteiger partial charge in [-0.25, -0.2) is 18.4 Å². The summed E-state index contributed by atoms with van der Waals surface area (Å²) in [6.07, 6.45) is -3.74. The molecule has 3 aromatic carbocycles. The third kappa shape index (κ3) is 7.42. The fourth-order valence-electron chi connectivity index (χ4n) is 6.56. The van der Waals surface area contributed by atoms with Gasteiger partial charge < -0.3 is 20.1 Å². The van der Waals surface area contributed by atoms with E-state index in [0.29, 0.717) is 48.0 Å². The molecule has 0 bridgehead atoms. The lowest BCUT2D eigenvalue weighted by Gasteiger charge is -2.32. The zero-order valence-electron chi connectivity index (χ0n) is 28.4. The molecule has 0 aliphatic rings. The van der Waals surface area contributed by atoms with Crippen molar-refractivity contribution in [2.75, 3.05) is 11.0 Å². The summed E-state index contributed by atoms with van der Waals surface area (Å²) in [6.45, 7) is 7.72. The number of fused-ring (bicyclic) bond motifs is 3. The molecule has 51 heavy (non-hydrogen) atoms. The summed E-state index contributed by atoms with van der Waals surface area (Å²) in [5, 5.41) is 11.2. The molecule has 0 spiro atoms. The van der Waals surface area contributed by atoms with Crippen molar-refractivity contribution in [3.05, 3.63) is 89.1 Å². The third-order valence-electron chi connectivity index (χ3n) is 9.49. The summed E-state index contributed by atoms with van der Waals surface area (Å²) < 4.78 is 103. The number of halogens is 6. The number of imidazole rings is 2. The van der Waals surface area contributed by atoms with E-state index in [2.05, 4.69) is 29.6 Å². The van der Waals surface area contributed by atoms with Crippen LogP contribution in [0.3, 0.4) is 0 Å². The molecule has 5 N–H and O–H groups in total. The molecular formula is C35H38F6N6O3S. The second-order valence-electron chi connectivity index (χ2n) is 12.5. The predicted octanol–water partition coefficient (Wildman–Crippen LogP) is 9.13. The highest BCUT2D eigenvalue weighted by Gasteiger charge is 2.37. The highest BCUT2D eigenvalue weighted by Crippen LogP contribution is 2.44. The number of nitrogens with one attached hydrogen (secondary N) is 4. The van der Waals surface area contributed by atoms with Gasteiger partial charge in [0.25, 0.3) is 0 Å². The Balaban J connectivity index is 0.000000226. The van der Waals surface area contributed by atoms with Crippen LogP contribution in [-0.2, 0) is 33.4 Å². The minimum atomic E-state index is -4.55. The molecule has 16 heteroatoms. The maximum Gasteiger partial charge on any atom is 0.449 e. The Labute approximate surface area is 290 Å². The number of sulfonamides is 1. The summed E-state index contributed by atoms with van der Waals surface area (Å²) in [5.74, 6) is -2.04. The van der Waals surface area contributed by atoms with Gasteiger partial charge in [0.05, 0.1) is 45.1 Å². The van der Waals surface area contributed by atoms with Crippen molar-refractivity contribution in [1.82, 2.24) is 24.9 Å². The summed E-state index contributed by atoms with van der Waals surface area (Å²) in [4.78, 5) is 15.0. The van der Waals surface area contributed by atoms with E-state index in [-0.39, 0.29) is 16.6 Å². The highest BCUT2D eigenvalue weighted by atomic mass is 32.2. The van der Waals surface area contributed by atoms with Gasteiger partial charge in [-0.1, -0.05) is 52.0 Å². The molecule has 0 atom stereocenters. The van der Waals surface area contributed by atoms with E-state index in [4.69, 9.17) is 0 Å². The molecule has 0 aliphatic carbocycles. The number of benzene rings is 3. The Hall–Kier alpha value is -4.57. The quantitative estimate of drug-likeness (QED) is 0.0943. The van der Waals surface area contributed by atoms with Gasteiger partial charge in [0.15, 0.2) is 0 Å². The third-order valence-corrected chi connectivity index (χ3v) is 10.1. The number of anilines is 1. The fourth-order valence-corrected chi connectivity index (χ4v) is 7.13. The van der Waals surface area contributed by atoms with Crippen molar-refractivity contribution >= 4 is 48.7 Å². The molecule has 6 aromatic rings. The number of rotatable bonds is 9. The van der Waals surface area contributed by atoms with Crippen LogP contribution in [0.2, 0.25) is 0 Å². The van der Waals surface area contributed by atoms with Crippen LogP contribution >= 0.6 is 0 Å². The molecule has 0 saturated heterocycles. The van der Waals surface area contributed by atoms with Crippen molar-refractivity contribution in [1.29, 1.82) is 0 Å². The summed E-state index contributed by atoms with van der Waals surface area (Å²) in [7, 11) is -3.47. The van der Waals surface area contributed by atoms with Crippen LogP contribution in [0, 0.1) is 0 Å². The van der Waals surface area contributed by atoms with Gasteiger partial charge in [0, 0.05) is 17.0 Å². The van der Waals surface area contributed by atoms with Gasteiger partial charge in [-0.2, -0.15) is 26.3 Å². The van der Waals surface area contributed by atoms with Gasteiger partial charge in [0.2, 0.25) is 21.7 Å². The Morgan fingerprint density at radius 1 is 0.745 bits per heavy atom. The zero-order valence-corrected chi connectivity index (χ0v) is 29.3. The molecule has 0 unspecified atom stereocenters. The lowest BCUT2D eigenvalue weighted by molar-refractivity contribution is -0.144. The molecule has 0 saturated carbocycles. The van der Waals surface area contributed by atoms with E-state index < -0.39 is 45.0 Å². The van der Waals surface area contributed by atoms with Gasteiger partial charge in [-0.3, -0.25) is 4.72 Å². The van der Waals surface area contributed by atoms with Crippen LogP contribution in [0.15, 0.2) is 60.8 Å². The Morgan fingerprint density at radius 2 is 1.25 bits per heavy atom. The first-order valence-electron chi connectivity index (χ1n) is 16.2. The van der Waals surface area contributed by atoms with Gasteiger partial charge in [0.1, 0.15) is 0 Å². The Morgan fingerprint density at radius 3 is 1.73 bits per heavy atom. The molecule has 9 nitrogen and oxygen atoms in total. The molecule has 3 aromatic heterocycles. The highest BCUT2D eigenvalue weighted by molar-refractivity contribution is 7.92. The second-order valence-corrected chi connectivity index (χ2v) is 14.2. The van der Waals surface area contributed by atoms with Crippen LogP contribution in [0.5, 0.6) is 0 Å². The van der Waals surface area contributed by atoms with Crippen molar-refractivity contribution in [3.63, 3.8) is 0 Å². The maximum absolute atomic E-state index is 13.1. The average Bonchev–Trinajstić information content (AvgIpc) is 3.82. The monoisotopic (exact) mass is 736 g/mol. The maximum atomic E-state index is 13.1. The van der Waals surface area contributed by atoms with E-state index >= 15 is 0 Å². The Bertz CT molecular complexity index is 2280. The first-order chi connectivity index (χ1) is 23.8. The molecule has 0 aliphatic heterocycles. The van der Waals surface area contributed by atoms with E-state index in [9.17, 15) is 39.9 Å². The van der Waals surface area contributed by atoms with Crippen LogP contribution in [0.4, 0.5) is 32.0 Å². The number of aliphatic hydroxyl groups is 1. The molecule has 6 rings (SSSR count). The van der Waals surface area contributed by atoms with E-state index in [1.54, 1.807) is 30.3 Å². The summed E-state index contributed by atoms with van der Waals surface area (Å²) in [5.41, 5.74) is 3.08. The minimum Gasteiger partial charge on any atom is -0.385 e. The van der Waals surface area contributed by atoms with Gasteiger partial charge >= 0.3 is 12.4 Å². The lowest BCUT2D eigenvalue weighted by Crippen LogP contribution is -2.25. The number of nitrogens with zero attached hydrogens (tertiary/aromatic N) is 2. The van der Waals surface area contributed by atoms with E-state index in [1.165, 1.54) is 12.1 Å². The smallest absolute Gasteiger partial charge is 0.385 e. The van der Waals surface area contributed by atoms with Crippen molar-refractivity contribution in [3.8, 4) is 0 Å². The van der Waals surface area contributed by atoms with Gasteiger partial charge in [-0.05, 0) is 72.7 Å². The number of aromatic nitrogens is 5. The van der Waals surface area contributed by atoms with Crippen molar-refractivity contribution in [2.24, 2.45) is 0 Å². The predicted molar refractivity (Wildman–Crippen MR) is 185 cm³/mol. The van der Waals surface area contributed by atoms with E-state index in [0.717, 1.165) is 22.8 Å². The van der Waals surface area contributed by atoms with Crippen LogP contribution in [-0.4, -0.2) is 44.7 Å². The molecule has 0 fully saturated rings. The largest absolute Gasteiger partial charge is 0.449 e. The van der Waals surface area contributed by atoms with Crippen molar-refractivity contribution in [2.45, 2.75) is 76.7 Å². The number of hydrogen-bond acceptors (Lipinski definition) is 5. The van der Waals surface area contributed by atoms with Crippen LogP contribution in [0.25, 0.3) is 33.0 Å². The first-order valence-corrected chi connectivity index (χ1v) is 18.1. The first kappa shape index (κ1) is 37.7. The number of alkyl halides is 6. The number of hydrogen-bond donors (Lipinski definition) is 5. The fraction of sp³-hybridized carbons (Fsp3) is 0.371. The van der Waals surface area contributed by atoms with Crippen LogP contribution in [0.1, 0.15) is 81.7 Å². The summed E-state index contributed by atoms with van der Waals surface area (Å²) >= 11 is 0. The van der Waals surface area contributed by atoms with E-state index in [1.807, 2.05) is 46.0 Å². The molecule has 0 radical (unpaired) electrons. The number of H-pyrrole nitrogens is 3. The second kappa shape index (κ2) is 13.5. The molecule has 274 valence electrons. The SMILES string of the molecule is CCC(CC)(c1ccc2nc(C(F)(F)F)[nH]c2c1)c1c[nH]c2c(NS(C)(=O)=O)cccc12.CCC(O)(CC)c1ccc2nc(C(F)(F)F)[nH]c2c1. The number of para-hydroxylation sites is 1. The molecule has 0 amide bonds. The standard InChI is InChI=1S/C22H23F3N4O2S.C13H15F3N2O/c1-4-21(5-2,13-9-10-16-18(11-13)28-20(27-16)22(23,24)25)15-12-26-19-14(15)7-6-8-17(19)29-32(3,30)31;1-3-12(19,4-2)8-5-6-9-10(7-8)18-11(17-9)13(14,15)16/h6-12,26,29H,4-5H2,1-3H3,(H,27,28);5-7,19H,3-4H2,1-2H3,(H,17,18). The average molecular weight is 737 g/mol. The minimum absolute atomic E-state index is 0.241. The Kier molecular flexibility index (Phi) is 9.99. The van der Waals surface area contributed by atoms with Crippen molar-refractivity contribution < 1.29 is 39.9 Å². The normalized spacial score (nSPS) is 13.2. The lowest BCUT2D eigenvalue weighted by atomic mass is 9.70. The van der Waals surface area contributed by atoms with Crippen LogP contribution < -0.4 is 4.72 Å². The topological polar surface area (TPSA) is 140 Å². The zero-order chi connectivity index (χ0) is 37.6. The number of aromatic amines is 3. The molecular weight excluding hydrogens is 698 g/mol. The van der Waals surface area contributed by atoms with Gasteiger partial charge in [-0.15, -0.1) is 0 Å². The summed E-state index contributed by atoms with van der Waals surface area (Å²) in [6, 6.07) is 15.1. The molecule has 3 heterocycles.